The summed E-state index contributed by atoms with van der Waals surface area (Å²) in [6.45, 7) is 2.38. The van der Waals surface area contributed by atoms with Crippen LogP contribution in [0.2, 0.25) is 0 Å². The molecule has 0 aliphatic heterocycles. The maximum atomic E-state index is 12.5. The van der Waals surface area contributed by atoms with Crippen molar-refractivity contribution >= 4 is 11.8 Å². The van der Waals surface area contributed by atoms with Crippen molar-refractivity contribution in [3.63, 3.8) is 0 Å². The number of hydrogen-bond acceptors (Lipinski definition) is 4. The summed E-state index contributed by atoms with van der Waals surface area (Å²) in [6, 6.07) is 3.76. The van der Waals surface area contributed by atoms with Gasteiger partial charge in [0.05, 0.1) is 12.7 Å². The third-order valence-corrected chi connectivity index (χ3v) is 8.64. The molecule has 4 aliphatic rings. The van der Waals surface area contributed by atoms with E-state index in [4.69, 9.17) is 9.15 Å². The first-order chi connectivity index (χ1) is 14.0. The predicted molar refractivity (Wildman–Crippen MR) is 109 cm³/mol. The number of ether oxygens (including phenoxy) is 1. The number of carbonyl (C=O) groups excluding carboxylic acids is 2. The number of esters is 1. The average molecular weight is 397 g/mol. The molecule has 29 heavy (non-hydrogen) atoms. The molecule has 0 bridgehead atoms. The zero-order chi connectivity index (χ0) is 20.0. The van der Waals surface area contributed by atoms with Crippen molar-refractivity contribution in [1.82, 2.24) is 0 Å². The van der Waals surface area contributed by atoms with Crippen molar-refractivity contribution in [2.75, 3.05) is 0 Å². The highest BCUT2D eigenvalue weighted by Crippen LogP contribution is 2.62. The van der Waals surface area contributed by atoms with E-state index in [2.05, 4.69) is 6.92 Å². The maximum Gasteiger partial charge on any atom is 0.306 e. The van der Waals surface area contributed by atoms with Gasteiger partial charge >= 0.3 is 5.97 Å². The van der Waals surface area contributed by atoms with Crippen molar-refractivity contribution in [3.05, 3.63) is 35.8 Å². The number of fused-ring (bicyclic) bond motifs is 5. The van der Waals surface area contributed by atoms with Gasteiger partial charge < -0.3 is 9.15 Å². The monoisotopic (exact) mass is 396 g/mol. The first-order valence-corrected chi connectivity index (χ1v) is 11.5. The third-order valence-electron chi connectivity index (χ3n) is 8.64. The van der Waals surface area contributed by atoms with Crippen LogP contribution < -0.4 is 0 Å². The summed E-state index contributed by atoms with van der Waals surface area (Å²) >= 11 is 0. The van der Waals surface area contributed by atoms with Crippen LogP contribution in [0.5, 0.6) is 0 Å². The van der Waals surface area contributed by atoms with Crippen LogP contribution in [0.1, 0.15) is 70.5 Å². The second-order valence-electron chi connectivity index (χ2n) is 9.98. The predicted octanol–water partition coefficient (Wildman–Crippen LogP) is 5.27. The molecule has 1 aromatic rings. The maximum absolute atomic E-state index is 12.5. The number of hydrogen-bond donors (Lipinski definition) is 0. The lowest BCUT2D eigenvalue weighted by Crippen LogP contribution is -2.48. The van der Waals surface area contributed by atoms with Gasteiger partial charge in [-0.2, -0.15) is 0 Å². The fraction of sp³-hybridized carbons (Fsp3) is 0.680. The van der Waals surface area contributed by atoms with Crippen LogP contribution in [0.25, 0.3) is 0 Å². The second kappa shape index (κ2) is 7.45. The molecule has 0 aromatic carbocycles. The van der Waals surface area contributed by atoms with Crippen molar-refractivity contribution in [2.45, 2.75) is 77.2 Å². The van der Waals surface area contributed by atoms with E-state index in [0.717, 1.165) is 49.7 Å². The Morgan fingerprint density at radius 1 is 1.17 bits per heavy atom. The third kappa shape index (κ3) is 3.39. The van der Waals surface area contributed by atoms with E-state index in [0.29, 0.717) is 30.5 Å². The van der Waals surface area contributed by atoms with E-state index < -0.39 is 0 Å². The molecule has 3 saturated carbocycles. The molecule has 6 atom stereocenters. The molecule has 4 heteroatoms. The van der Waals surface area contributed by atoms with E-state index in [1.165, 1.54) is 24.8 Å². The molecule has 1 heterocycles. The normalized spacial score (nSPS) is 38.6. The number of allylic oxidation sites excluding steroid dienone is 1. The van der Waals surface area contributed by atoms with Gasteiger partial charge in [0.25, 0.3) is 0 Å². The number of carbonyl (C=O) groups is 2. The van der Waals surface area contributed by atoms with E-state index in [9.17, 15) is 9.59 Å². The smallest absolute Gasteiger partial charge is 0.306 e. The van der Waals surface area contributed by atoms with Gasteiger partial charge in [-0.15, -0.1) is 0 Å². The molecule has 4 aliphatic carbocycles. The minimum atomic E-state index is -0.0879. The Labute approximate surface area is 173 Å². The van der Waals surface area contributed by atoms with Gasteiger partial charge in [0.2, 0.25) is 0 Å². The van der Waals surface area contributed by atoms with Crippen LogP contribution in [0.4, 0.5) is 0 Å². The van der Waals surface area contributed by atoms with Crippen molar-refractivity contribution in [2.24, 2.45) is 29.1 Å². The molecule has 5 rings (SSSR count). The lowest BCUT2D eigenvalue weighted by Gasteiger charge is -2.53. The highest BCUT2D eigenvalue weighted by molar-refractivity contribution is 5.91. The summed E-state index contributed by atoms with van der Waals surface area (Å²) in [5.41, 5.74) is 1.55. The second-order valence-corrected chi connectivity index (χ2v) is 9.98. The Morgan fingerprint density at radius 2 is 2.07 bits per heavy atom. The number of rotatable bonds is 4. The van der Waals surface area contributed by atoms with Crippen molar-refractivity contribution in [3.8, 4) is 0 Å². The summed E-state index contributed by atoms with van der Waals surface area (Å²) < 4.78 is 11.4. The standard InChI is InChI=1S/C25H32O4/c1-25-13-12-20-19-8-5-17(26)15-16(19)4-7-21(20)22(25)9-10-23(25)29-24(27)11-6-18-3-2-14-28-18/h2-3,14-15,19-23H,4-13H2,1H3/t19-,20+,21+,22+,23+,25-/m0/s1. The van der Waals surface area contributed by atoms with Gasteiger partial charge in [-0.3, -0.25) is 9.59 Å². The molecule has 0 unspecified atom stereocenters. The van der Waals surface area contributed by atoms with E-state index >= 15 is 0 Å². The van der Waals surface area contributed by atoms with E-state index in [1.807, 2.05) is 18.2 Å². The Hall–Kier alpha value is -1.84. The van der Waals surface area contributed by atoms with Gasteiger partial charge in [-0.1, -0.05) is 12.5 Å². The first kappa shape index (κ1) is 19.1. The number of furan rings is 1. The topological polar surface area (TPSA) is 56.5 Å². The molecule has 3 fully saturated rings. The molecule has 156 valence electrons. The minimum Gasteiger partial charge on any atom is -0.469 e. The molecule has 1 aromatic heterocycles. The Morgan fingerprint density at radius 3 is 2.90 bits per heavy atom. The fourth-order valence-electron chi connectivity index (χ4n) is 7.22. The van der Waals surface area contributed by atoms with Gasteiger partial charge in [-0.25, -0.2) is 0 Å². The lowest BCUT2D eigenvalue weighted by atomic mass is 9.52. The average Bonchev–Trinajstić information content (AvgIpc) is 3.34. The first-order valence-electron chi connectivity index (χ1n) is 11.5. The summed E-state index contributed by atoms with van der Waals surface area (Å²) in [5, 5.41) is 0. The van der Waals surface area contributed by atoms with Gasteiger partial charge in [0.1, 0.15) is 11.9 Å². The summed E-state index contributed by atoms with van der Waals surface area (Å²) in [7, 11) is 0. The highest BCUT2D eigenvalue weighted by atomic mass is 16.5. The summed E-state index contributed by atoms with van der Waals surface area (Å²) in [5.74, 6) is 3.84. The summed E-state index contributed by atoms with van der Waals surface area (Å²) in [4.78, 5) is 24.4. The van der Waals surface area contributed by atoms with Crippen LogP contribution in [-0.4, -0.2) is 17.9 Å². The zero-order valence-electron chi connectivity index (χ0n) is 17.4. The van der Waals surface area contributed by atoms with Crippen LogP contribution in [0, 0.1) is 29.1 Å². The molecule has 0 radical (unpaired) electrons. The Bertz CT molecular complexity index is 807. The van der Waals surface area contributed by atoms with Crippen molar-refractivity contribution in [1.29, 1.82) is 0 Å². The summed E-state index contributed by atoms with van der Waals surface area (Å²) in [6.07, 6.45) is 13.3. The SMILES string of the molecule is C[C@]12CC[C@H]3[C@@H](CCC4=CC(=O)CC[C@@H]43)[C@H]1CC[C@H]2OC(=O)CCc1ccco1. The molecule has 0 amide bonds. The van der Waals surface area contributed by atoms with Crippen LogP contribution >= 0.6 is 0 Å². The molecular weight excluding hydrogens is 364 g/mol. The number of aryl methyl sites for hydroxylation is 1. The highest BCUT2D eigenvalue weighted by Gasteiger charge is 2.57. The van der Waals surface area contributed by atoms with Gasteiger partial charge in [-0.05, 0) is 86.8 Å². The Kier molecular flexibility index (Phi) is 4.92. The lowest BCUT2D eigenvalue weighted by molar-refractivity contribution is -0.158. The molecule has 4 nitrogen and oxygen atoms in total. The largest absolute Gasteiger partial charge is 0.469 e. The van der Waals surface area contributed by atoms with E-state index in [-0.39, 0.29) is 17.5 Å². The van der Waals surface area contributed by atoms with E-state index in [1.54, 1.807) is 6.26 Å². The molecular formula is C25H32O4. The number of ketones is 1. The molecule has 0 spiro atoms. The van der Waals surface area contributed by atoms with Gasteiger partial charge in [0, 0.05) is 18.3 Å². The van der Waals surface area contributed by atoms with Gasteiger partial charge in [0.15, 0.2) is 5.78 Å². The Balaban J connectivity index is 1.25. The van der Waals surface area contributed by atoms with Crippen LogP contribution in [0.15, 0.2) is 34.5 Å². The molecule has 0 saturated heterocycles. The fourth-order valence-corrected chi connectivity index (χ4v) is 7.22. The zero-order valence-corrected chi connectivity index (χ0v) is 17.4. The minimum absolute atomic E-state index is 0.0578. The van der Waals surface area contributed by atoms with Crippen LogP contribution in [0.3, 0.4) is 0 Å². The molecule has 0 N–H and O–H groups in total. The quantitative estimate of drug-likeness (QED) is 0.651. The van der Waals surface area contributed by atoms with Crippen molar-refractivity contribution < 1.29 is 18.7 Å². The van der Waals surface area contributed by atoms with Crippen LogP contribution in [-0.2, 0) is 20.7 Å².